The van der Waals surface area contributed by atoms with Gasteiger partial charge in [-0.3, -0.25) is 4.79 Å². The van der Waals surface area contributed by atoms with E-state index in [2.05, 4.69) is 0 Å². The molecule has 1 atom stereocenters. The molecule has 2 fully saturated rings. The zero-order chi connectivity index (χ0) is 17.4. The van der Waals surface area contributed by atoms with Crippen LogP contribution in [0.5, 0.6) is 0 Å². The number of sulfone groups is 1. The lowest BCUT2D eigenvalue weighted by Crippen LogP contribution is -2.39. The SMILES string of the molecule is CN1C[C@]2(CCN(C(=O)CCS(=O)(=O)c3ccccc3)C2)OC1=O. The summed E-state index contributed by atoms with van der Waals surface area (Å²) in [6.45, 7) is 1.26. The number of likely N-dealkylation sites (tertiary alicyclic amines) is 1. The van der Waals surface area contributed by atoms with E-state index in [4.69, 9.17) is 4.74 Å². The number of hydrogen-bond acceptors (Lipinski definition) is 5. The van der Waals surface area contributed by atoms with Crippen LogP contribution in [0.25, 0.3) is 0 Å². The van der Waals surface area contributed by atoms with Crippen LogP contribution in [-0.2, 0) is 19.4 Å². The van der Waals surface area contributed by atoms with Crippen LogP contribution < -0.4 is 0 Å². The van der Waals surface area contributed by atoms with Crippen molar-refractivity contribution in [2.24, 2.45) is 0 Å². The van der Waals surface area contributed by atoms with E-state index in [9.17, 15) is 18.0 Å². The Morgan fingerprint density at radius 3 is 2.58 bits per heavy atom. The van der Waals surface area contributed by atoms with Gasteiger partial charge in [-0.25, -0.2) is 13.2 Å². The van der Waals surface area contributed by atoms with Gasteiger partial charge in [0, 0.05) is 26.4 Å². The first-order valence-electron chi connectivity index (χ1n) is 7.81. The van der Waals surface area contributed by atoms with E-state index in [0.29, 0.717) is 26.1 Å². The van der Waals surface area contributed by atoms with Gasteiger partial charge in [0.1, 0.15) is 0 Å². The highest BCUT2D eigenvalue weighted by Gasteiger charge is 2.49. The first-order valence-corrected chi connectivity index (χ1v) is 9.46. The summed E-state index contributed by atoms with van der Waals surface area (Å²) >= 11 is 0. The Hall–Kier alpha value is -2.09. The lowest BCUT2D eigenvalue weighted by atomic mass is 10.0. The van der Waals surface area contributed by atoms with Gasteiger partial charge in [0.15, 0.2) is 15.4 Å². The van der Waals surface area contributed by atoms with Gasteiger partial charge < -0.3 is 14.5 Å². The molecular formula is C16H20N2O5S. The van der Waals surface area contributed by atoms with Crippen LogP contribution in [-0.4, -0.2) is 68.3 Å². The third-order valence-electron chi connectivity index (χ3n) is 4.50. The number of amides is 2. The van der Waals surface area contributed by atoms with Crippen LogP contribution in [0.15, 0.2) is 35.2 Å². The molecule has 0 saturated carbocycles. The van der Waals surface area contributed by atoms with Crippen molar-refractivity contribution in [3.8, 4) is 0 Å². The summed E-state index contributed by atoms with van der Waals surface area (Å²) < 4.78 is 29.9. The average molecular weight is 352 g/mol. The minimum absolute atomic E-state index is 0.0723. The number of hydrogen-bond donors (Lipinski definition) is 0. The first-order chi connectivity index (χ1) is 11.3. The van der Waals surface area contributed by atoms with Crippen LogP contribution in [0.2, 0.25) is 0 Å². The molecule has 3 rings (SSSR count). The summed E-state index contributed by atoms with van der Waals surface area (Å²) in [5.41, 5.74) is -0.639. The van der Waals surface area contributed by atoms with E-state index in [1.54, 1.807) is 30.1 Å². The van der Waals surface area contributed by atoms with Gasteiger partial charge in [0.05, 0.1) is 23.7 Å². The predicted molar refractivity (Wildman–Crippen MR) is 86.2 cm³/mol. The van der Waals surface area contributed by atoms with Crippen LogP contribution in [0.4, 0.5) is 4.79 Å². The fourth-order valence-electron chi connectivity index (χ4n) is 3.19. The lowest BCUT2D eigenvalue weighted by molar-refractivity contribution is -0.130. The van der Waals surface area contributed by atoms with Gasteiger partial charge in [-0.2, -0.15) is 0 Å². The van der Waals surface area contributed by atoms with Crippen LogP contribution in [0.3, 0.4) is 0 Å². The maximum Gasteiger partial charge on any atom is 0.410 e. The summed E-state index contributed by atoms with van der Waals surface area (Å²) in [5, 5.41) is 0. The second kappa shape index (κ2) is 6.08. The maximum absolute atomic E-state index is 12.3. The standard InChI is InChI=1S/C16H20N2O5S/c1-17-11-16(23-15(17)20)8-9-18(12-16)14(19)7-10-24(21,22)13-5-3-2-4-6-13/h2-6H,7-12H2,1H3/t16-/m0/s1. The van der Waals surface area contributed by atoms with Crippen molar-refractivity contribution in [3.05, 3.63) is 30.3 Å². The van der Waals surface area contributed by atoms with E-state index < -0.39 is 15.4 Å². The summed E-state index contributed by atoms with van der Waals surface area (Å²) in [4.78, 5) is 27.2. The molecule has 2 aliphatic heterocycles. The molecule has 0 aliphatic carbocycles. The quantitative estimate of drug-likeness (QED) is 0.804. The molecule has 2 aliphatic rings. The van der Waals surface area contributed by atoms with E-state index in [1.807, 2.05) is 0 Å². The van der Waals surface area contributed by atoms with Crippen molar-refractivity contribution in [2.75, 3.05) is 32.4 Å². The number of rotatable bonds is 4. The number of ether oxygens (including phenoxy) is 1. The van der Waals surface area contributed by atoms with Gasteiger partial charge in [-0.15, -0.1) is 0 Å². The summed E-state index contributed by atoms with van der Waals surface area (Å²) in [7, 11) is -1.81. The van der Waals surface area contributed by atoms with Gasteiger partial charge in [0.25, 0.3) is 0 Å². The normalized spacial score (nSPS) is 23.8. The van der Waals surface area contributed by atoms with Crippen LogP contribution in [0.1, 0.15) is 12.8 Å². The third-order valence-corrected chi connectivity index (χ3v) is 6.23. The molecule has 7 nitrogen and oxygen atoms in total. The Balaban J connectivity index is 1.58. The van der Waals surface area contributed by atoms with Crippen molar-refractivity contribution >= 4 is 21.8 Å². The van der Waals surface area contributed by atoms with Crippen molar-refractivity contribution in [1.82, 2.24) is 9.80 Å². The number of benzene rings is 1. The zero-order valence-corrected chi connectivity index (χ0v) is 14.3. The van der Waals surface area contributed by atoms with Gasteiger partial charge in [-0.05, 0) is 12.1 Å². The second-order valence-corrected chi connectivity index (χ2v) is 8.46. The van der Waals surface area contributed by atoms with Crippen molar-refractivity contribution < 1.29 is 22.7 Å². The van der Waals surface area contributed by atoms with Crippen molar-refractivity contribution in [3.63, 3.8) is 0 Å². The fraction of sp³-hybridized carbons (Fsp3) is 0.500. The molecule has 1 spiro atoms. The monoisotopic (exact) mass is 352 g/mol. The van der Waals surface area contributed by atoms with Crippen molar-refractivity contribution in [2.45, 2.75) is 23.3 Å². The Morgan fingerprint density at radius 1 is 1.25 bits per heavy atom. The Bertz CT molecular complexity index is 749. The molecule has 1 aromatic rings. The third kappa shape index (κ3) is 3.24. The molecule has 2 amide bonds. The van der Waals surface area contributed by atoms with Crippen LogP contribution in [0, 0.1) is 0 Å². The predicted octanol–water partition coefficient (Wildman–Crippen LogP) is 0.903. The molecule has 0 unspecified atom stereocenters. The van der Waals surface area contributed by atoms with E-state index in [1.165, 1.54) is 17.0 Å². The highest BCUT2D eigenvalue weighted by atomic mass is 32.2. The number of likely N-dealkylation sites (N-methyl/N-ethyl adjacent to an activating group) is 1. The van der Waals surface area contributed by atoms with Crippen LogP contribution >= 0.6 is 0 Å². The van der Waals surface area contributed by atoms with Gasteiger partial charge in [-0.1, -0.05) is 18.2 Å². The molecule has 0 radical (unpaired) electrons. The fourth-order valence-corrected chi connectivity index (χ4v) is 4.44. The molecule has 2 heterocycles. The first kappa shape index (κ1) is 16.8. The molecular weight excluding hydrogens is 332 g/mol. The molecule has 130 valence electrons. The smallest absolute Gasteiger partial charge is 0.410 e. The Morgan fingerprint density at radius 2 is 1.96 bits per heavy atom. The summed E-state index contributed by atoms with van der Waals surface area (Å²) in [6, 6.07) is 8.11. The topological polar surface area (TPSA) is 84.0 Å². The van der Waals surface area contributed by atoms with E-state index >= 15 is 0 Å². The van der Waals surface area contributed by atoms with Gasteiger partial charge in [0.2, 0.25) is 5.91 Å². The molecule has 8 heteroatoms. The number of carbonyl (C=O) groups excluding carboxylic acids is 2. The number of nitrogens with zero attached hydrogens (tertiary/aromatic N) is 2. The minimum Gasteiger partial charge on any atom is -0.439 e. The average Bonchev–Trinajstić information content (AvgIpc) is 3.09. The summed E-state index contributed by atoms with van der Waals surface area (Å²) in [6.07, 6.45) is 0.133. The molecule has 1 aromatic carbocycles. The minimum atomic E-state index is -3.47. The maximum atomic E-state index is 12.3. The number of carbonyl (C=O) groups is 2. The summed E-state index contributed by atoms with van der Waals surface area (Å²) in [5.74, 6) is -0.448. The Labute approximate surface area is 141 Å². The van der Waals surface area contributed by atoms with E-state index in [0.717, 1.165) is 0 Å². The molecule has 0 N–H and O–H groups in total. The lowest BCUT2D eigenvalue weighted by Gasteiger charge is -2.21. The highest BCUT2D eigenvalue weighted by molar-refractivity contribution is 7.91. The largest absolute Gasteiger partial charge is 0.439 e. The highest BCUT2D eigenvalue weighted by Crippen LogP contribution is 2.32. The van der Waals surface area contributed by atoms with E-state index in [-0.39, 0.29) is 29.1 Å². The molecule has 0 bridgehead atoms. The molecule has 24 heavy (non-hydrogen) atoms. The molecule has 0 aromatic heterocycles. The molecule has 2 saturated heterocycles. The van der Waals surface area contributed by atoms with Crippen molar-refractivity contribution in [1.29, 1.82) is 0 Å². The Kier molecular flexibility index (Phi) is 4.25. The zero-order valence-electron chi connectivity index (χ0n) is 13.5. The second-order valence-electron chi connectivity index (χ2n) is 6.35. The van der Waals surface area contributed by atoms with Gasteiger partial charge >= 0.3 is 6.09 Å².